The summed E-state index contributed by atoms with van der Waals surface area (Å²) in [7, 11) is 0. The maximum Gasteiger partial charge on any atom is 0.0693 e. The van der Waals surface area contributed by atoms with Crippen molar-refractivity contribution in [3.8, 4) is 0 Å². The fraction of sp³-hybridized carbons (Fsp3) is 0.600. The average molecular weight is 434 g/mol. The number of hydrogen-bond acceptors (Lipinski definition) is 2. The van der Waals surface area contributed by atoms with Crippen molar-refractivity contribution in [2.75, 3.05) is 5.06 Å². The molecule has 2 heteroatoms. The lowest BCUT2D eigenvalue weighted by Crippen LogP contribution is -2.30. The predicted molar refractivity (Wildman–Crippen MR) is 136 cm³/mol. The number of nitrogens with zero attached hydrogens (tertiary/aromatic N) is 1. The van der Waals surface area contributed by atoms with Gasteiger partial charge >= 0.3 is 0 Å². The Morgan fingerprint density at radius 3 is 1.19 bits per heavy atom. The zero-order chi connectivity index (χ0) is 22.8. The molecule has 2 aliphatic rings. The molecule has 0 saturated heterocycles. The van der Waals surface area contributed by atoms with Crippen LogP contribution in [0.15, 0.2) is 48.5 Å². The first-order valence-electron chi connectivity index (χ1n) is 13.0. The van der Waals surface area contributed by atoms with E-state index in [9.17, 15) is 5.21 Å². The van der Waals surface area contributed by atoms with Gasteiger partial charge in [0, 0.05) is 0 Å². The van der Waals surface area contributed by atoms with E-state index in [2.05, 4.69) is 76.2 Å². The zero-order valence-electron chi connectivity index (χ0n) is 20.7. The van der Waals surface area contributed by atoms with Crippen LogP contribution in [0, 0.1) is 11.8 Å². The summed E-state index contributed by atoms with van der Waals surface area (Å²) >= 11 is 0. The maximum atomic E-state index is 10.9. The SMILES string of the molecule is CC(C)(c1ccc(N(O)c2ccc(C(C)(C)C3CCCCC3)cc2)cc1)C1CCCCC1. The van der Waals surface area contributed by atoms with Gasteiger partial charge in [0.1, 0.15) is 0 Å². The molecule has 1 N–H and O–H groups in total. The van der Waals surface area contributed by atoms with Crippen LogP contribution in [0.25, 0.3) is 0 Å². The number of benzene rings is 2. The molecule has 0 unspecified atom stereocenters. The highest BCUT2D eigenvalue weighted by Gasteiger charge is 2.33. The zero-order valence-corrected chi connectivity index (χ0v) is 20.7. The highest BCUT2D eigenvalue weighted by molar-refractivity contribution is 5.61. The fourth-order valence-electron chi connectivity index (χ4n) is 6.33. The highest BCUT2D eigenvalue weighted by atomic mass is 16.5. The molecule has 2 aromatic rings. The third kappa shape index (κ3) is 4.76. The molecule has 0 atom stereocenters. The van der Waals surface area contributed by atoms with E-state index >= 15 is 0 Å². The molecule has 0 aliphatic heterocycles. The van der Waals surface area contributed by atoms with Crippen LogP contribution in [0.3, 0.4) is 0 Å². The lowest BCUT2D eigenvalue weighted by atomic mass is 9.67. The molecule has 32 heavy (non-hydrogen) atoms. The summed E-state index contributed by atoms with van der Waals surface area (Å²) in [5.41, 5.74) is 4.79. The largest absolute Gasteiger partial charge is 0.284 e. The van der Waals surface area contributed by atoms with E-state index in [1.165, 1.54) is 80.4 Å². The molecule has 4 rings (SSSR count). The van der Waals surface area contributed by atoms with Gasteiger partial charge in [0.25, 0.3) is 0 Å². The molecule has 2 fully saturated rings. The normalized spacial score (nSPS) is 19.2. The van der Waals surface area contributed by atoms with Gasteiger partial charge in [0.05, 0.1) is 11.4 Å². The topological polar surface area (TPSA) is 23.5 Å². The summed E-state index contributed by atoms with van der Waals surface area (Å²) in [4.78, 5) is 0. The third-order valence-corrected chi connectivity index (χ3v) is 8.96. The van der Waals surface area contributed by atoms with E-state index < -0.39 is 0 Å². The van der Waals surface area contributed by atoms with Gasteiger partial charge in [-0.25, -0.2) is 5.06 Å². The number of rotatable bonds is 6. The molecular weight excluding hydrogens is 390 g/mol. The second-order valence-corrected chi connectivity index (χ2v) is 11.5. The lowest BCUT2D eigenvalue weighted by Gasteiger charge is -2.38. The lowest BCUT2D eigenvalue weighted by molar-refractivity contribution is 0.236. The molecular formula is C30H43NO. The van der Waals surface area contributed by atoms with Crippen molar-refractivity contribution < 1.29 is 5.21 Å². The monoisotopic (exact) mass is 433 g/mol. The summed E-state index contributed by atoms with van der Waals surface area (Å²) in [6.45, 7) is 9.56. The van der Waals surface area contributed by atoms with Gasteiger partial charge in [-0.3, -0.25) is 5.21 Å². The van der Waals surface area contributed by atoms with Crippen LogP contribution in [0.1, 0.15) is 103 Å². The fourth-order valence-corrected chi connectivity index (χ4v) is 6.33. The van der Waals surface area contributed by atoms with E-state index in [-0.39, 0.29) is 10.8 Å². The Morgan fingerprint density at radius 2 is 0.875 bits per heavy atom. The van der Waals surface area contributed by atoms with Gasteiger partial charge in [-0.1, -0.05) is 90.5 Å². The Bertz CT molecular complexity index is 779. The standard InChI is InChI=1S/C30H43NO/c1-29(2,23-11-7-5-8-12-23)25-15-19-27(20-16-25)31(32)28-21-17-26(18-22-28)30(3,4)24-13-9-6-10-14-24/h15-24,32H,5-14H2,1-4H3. The Hall–Kier alpha value is -1.80. The van der Waals surface area contributed by atoms with Crippen LogP contribution < -0.4 is 5.06 Å². The molecule has 2 aromatic carbocycles. The Labute approximate surface area is 196 Å². The molecule has 2 aliphatic carbocycles. The Morgan fingerprint density at radius 1 is 0.562 bits per heavy atom. The van der Waals surface area contributed by atoms with E-state index in [4.69, 9.17) is 0 Å². The van der Waals surface area contributed by atoms with Crippen molar-refractivity contribution in [1.82, 2.24) is 0 Å². The number of anilines is 2. The first-order chi connectivity index (χ1) is 15.3. The first-order valence-corrected chi connectivity index (χ1v) is 13.0. The first kappa shape index (κ1) is 23.4. The molecule has 0 radical (unpaired) electrons. The minimum atomic E-state index is 0.186. The van der Waals surface area contributed by atoms with Crippen LogP contribution in [-0.4, -0.2) is 5.21 Å². The van der Waals surface area contributed by atoms with Gasteiger partial charge in [-0.05, 0) is 83.7 Å². The molecule has 0 amide bonds. The second kappa shape index (κ2) is 9.59. The van der Waals surface area contributed by atoms with Gasteiger partial charge in [0.2, 0.25) is 0 Å². The highest BCUT2D eigenvalue weighted by Crippen LogP contribution is 2.42. The predicted octanol–water partition coefficient (Wildman–Crippen LogP) is 8.93. The molecule has 0 bridgehead atoms. The Balaban J connectivity index is 1.46. The summed E-state index contributed by atoms with van der Waals surface area (Å²) < 4.78 is 0. The smallest absolute Gasteiger partial charge is 0.0693 e. The number of hydrogen-bond donors (Lipinski definition) is 1. The molecule has 0 heterocycles. The molecule has 174 valence electrons. The Kier molecular flexibility index (Phi) is 7.00. The van der Waals surface area contributed by atoms with E-state index in [1.54, 1.807) is 0 Å². The molecule has 0 spiro atoms. The summed E-state index contributed by atoms with van der Waals surface area (Å²) in [6, 6.07) is 17.1. The summed E-state index contributed by atoms with van der Waals surface area (Å²) in [5, 5.41) is 12.2. The average Bonchev–Trinajstić information content (AvgIpc) is 2.85. The van der Waals surface area contributed by atoms with E-state index in [0.717, 1.165) is 23.2 Å². The van der Waals surface area contributed by atoms with E-state index in [1.807, 2.05) is 0 Å². The van der Waals surface area contributed by atoms with Crippen LogP contribution in [0.4, 0.5) is 11.4 Å². The molecule has 0 aromatic heterocycles. The summed E-state index contributed by atoms with van der Waals surface area (Å²) in [5.74, 6) is 1.51. The van der Waals surface area contributed by atoms with Gasteiger partial charge < -0.3 is 0 Å². The third-order valence-electron chi connectivity index (χ3n) is 8.96. The van der Waals surface area contributed by atoms with Crippen LogP contribution >= 0.6 is 0 Å². The van der Waals surface area contributed by atoms with Crippen molar-refractivity contribution in [2.45, 2.75) is 103 Å². The van der Waals surface area contributed by atoms with Crippen LogP contribution in [0.5, 0.6) is 0 Å². The van der Waals surface area contributed by atoms with Crippen molar-refractivity contribution in [3.05, 3.63) is 59.7 Å². The van der Waals surface area contributed by atoms with Crippen molar-refractivity contribution in [1.29, 1.82) is 0 Å². The van der Waals surface area contributed by atoms with Gasteiger partial charge in [0.15, 0.2) is 0 Å². The second-order valence-electron chi connectivity index (χ2n) is 11.5. The van der Waals surface area contributed by atoms with E-state index in [0.29, 0.717) is 0 Å². The quantitative estimate of drug-likeness (QED) is 0.460. The molecule has 2 saturated carbocycles. The van der Waals surface area contributed by atoms with Crippen molar-refractivity contribution >= 4 is 11.4 Å². The van der Waals surface area contributed by atoms with Gasteiger partial charge in [-0.2, -0.15) is 0 Å². The molecule has 2 nitrogen and oxygen atoms in total. The van der Waals surface area contributed by atoms with Gasteiger partial charge in [-0.15, -0.1) is 0 Å². The maximum absolute atomic E-state index is 10.9. The minimum Gasteiger partial charge on any atom is -0.284 e. The summed E-state index contributed by atoms with van der Waals surface area (Å²) in [6.07, 6.45) is 13.6. The van der Waals surface area contributed by atoms with Crippen LogP contribution in [-0.2, 0) is 10.8 Å². The van der Waals surface area contributed by atoms with Crippen molar-refractivity contribution in [2.24, 2.45) is 11.8 Å². The van der Waals surface area contributed by atoms with Crippen molar-refractivity contribution in [3.63, 3.8) is 0 Å². The minimum absolute atomic E-state index is 0.186. The van der Waals surface area contributed by atoms with Crippen LogP contribution in [0.2, 0.25) is 0 Å².